The molecule has 2 fully saturated rings. The van der Waals surface area contributed by atoms with Gasteiger partial charge < -0.3 is 5.32 Å². The summed E-state index contributed by atoms with van der Waals surface area (Å²) in [6, 6.07) is 5.42. The van der Waals surface area contributed by atoms with Crippen LogP contribution < -0.4 is 5.32 Å². The van der Waals surface area contributed by atoms with Crippen LogP contribution in [0.3, 0.4) is 0 Å². The van der Waals surface area contributed by atoms with Crippen LogP contribution in [0.25, 0.3) is 0 Å². The third-order valence-electron chi connectivity index (χ3n) is 4.89. The molecule has 1 amide bonds. The number of carbonyl (C=O) groups is 1. The highest BCUT2D eigenvalue weighted by Gasteiger charge is 2.34. The highest BCUT2D eigenvalue weighted by atomic mass is 79.9. The molecule has 1 saturated carbocycles. The lowest BCUT2D eigenvalue weighted by molar-refractivity contribution is -0.126. The topological polar surface area (TPSA) is 69.7 Å². The maximum absolute atomic E-state index is 12.9. The fourth-order valence-corrected chi connectivity index (χ4v) is 5.22. The van der Waals surface area contributed by atoms with Gasteiger partial charge in [-0.1, -0.05) is 22.0 Å². The highest BCUT2D eigenvalue weighted by Crippen LogP contribution is 2.25. The molecule has 6 nitrogen and oxygen atoms in total. The van der Waals surface area contributed by atoms with Crippen molar-refractivity contribution < 1.29 is 13.2 Å². The monoisotopic (exact) mass is 429 g/mol. The van der Waals surface area contributed by atoms with Gasteiger partial charge in [0.05, 0.1) is 10.9 Å². The summed E-state index contributed by atoms with van der Waals surface area (Å²) in [4.78, 5) is 14.6. The van der Waals surface area contributed by atoms with Gasteiger partial charge in [0.15, 0.2) is 0 Å². The van der Waals surface area contributed by atoms with Crippen LogP contribution in [0.2, 0.25) is 0 Å². The summed E-state index contributed by atoms with van der Waals surface area (Å²) >= 11 is 3.35. The minimum atomic E-state index is -3.52. The van der Waals surface area contributed by atoms with Gasteiger partial charge >= 0.3 is 0 Å². The smallest absolute Gasteiger partial charge is 0.243 e. The van der Waals surface area contributed by atoms with E-state index in [1.54, 1.807) is 19.1 Å². The third kappa shape index (κ3) is 4.24. The SMILES string of the molecule is Cc1ccc(Br)cc1S(=O)(=O)N1CCN(C(C)C(=O)NC2CC2)CC1. The molecule has 0 aromatic heterocycles. The van der Waals surface area contributed by atoms with Crippen LogP contribution in [0.5, 0.6) is 0 Å². The molecule has 1 aliphatic carbocycles. The fourth-order valence-electron chi connectivity index (χ4n) is 3.04. The number of nitrogens with one attached hydrogen (secondary N) is 1. The van der Waals surface area contributed by atoms with E-state index in [-0.39, 0.29) is 11.9 Å². The van der Waals surface area contributed by atoms with E-state index in [2.05, 4.69) is 26.1 Å². The van der Waals surface area contributed by atoms with Crippen molar-refractivity contribution in [1.29, 1.82) is 0 Å². The summed E-state index contributed by atoms with van der Waals surface area (Å²) in [5, 5.41) is 3.01. The second-order valence-corrected chi connectivity index (χ2v) is 9.63. The molecule has 3 rings (SSSR count). The van der Waals surface area contributed by atoms with Gasteiger partial charge in [-0.15, -0.1) is 0 Å². The maximum Gasteiger partial charge on any atom is 0.243 e. The molecule has 1 saturated heterocycles. The van der Waals surface area contributed by atoms with Gasteiger partial charge in [0.25, 0.3) is 0 Å². The summed E-state index contributed by atoms with van der Waals surface area (Å²) < 4.78 is 28.1. The number of sulfonamides is 1. The molecule has 138 valence electrons. The quantitative estimate of drug-likeness (QED) is 0.773. The van der Waals surface area contributed by atoms with E-state index < -0.39 is 10.0 Å². The third-order valence-corrected chi connectivity index (χ3v) is 7.43. The van der Waals surface area contributed by atoms with Gasteiger partial charge in [0.1, 0.15) is 0 Å². The summed E-state index contributed by atoms with van der Waals surface area (Å²) in [6.07, 6.45) is 2.13. The maximum atomic E-state index is 12.9. The zero-order valence-corrected chi connectivity index (χ0v) is 16.9. The molecule has 1 N–H and O–H groups in total. The molecule has 8 heteroatoms. The summed E-state index contributed by atoms with van der Waals surface area (Å²) in [5.74, 6) is 0.0432. The van der Waals surface area contributed by atoms with E-state index in [4.69, 9.17) is 0 Å². The molecule has 1 atom stereocenters. The number of hydrogen-bond donors (Lipinski definition) is 1. The molecule has 1 aliphatic heterocycles. The van der Waals surface area contributed by atoms with Crippen molar-refractivity contribution >= 4 is 31.9 Å². The number of benzene rings is 1. The first-order chi connectivity index (χ1) is 11.8. The van der Waals surface area contributed by atoms with Crippen LogP contribution in [-0.4, -0.2) is 61.8 Å². The number of halogens is 1. The lowest BCUT2D eigenvalue weighted by Gasteiger charge is -2.37. The second-order valence-electron chi connectivity index (χ2n) is 6.81. The zero-order valence-electron chi connectivity index (χ0n) is 14.5. The van der Waals surface area contributed by atoms with Crippen LogP contribution in [0.1, 0.15) is 25.3 Å². The van der Waals surface area contributed by atoms with Gasteiger partial charge in [-0.25, -0.2) is 8.42 Å². The standard InChI is InChI=1S/C17H24BrN3O3S/c1-12-3-4-14(18)11-16(12)25(23,24)21-9-7-20(8-10-21)13(2)17(22)19-15-5-6-15/h3-4,11,13,15H,5-10H2,1-2H3,(H,19,22). The lowest BCUT2D eigenvalue weighted by Crippen LogP contribution is -2.55. The Bertz CT molecular complexity index is 756. The minimum Gasteiger partial charge on any atom is -0.352 e. The normalized spacial score (nSPS) is 21.1. The highest BCUT2D eigenvalue weighted by molar-refractivity contribution is 9.10. The zero-order chi connectivity index (χ0) is 18.2. The van der Waals surface area contributed by atoms with Crippen LogP contribution in [0.4, 0.5) is 0 Å². The number of nitrogens with zero attached hydrogens (tertiary/aromatic N) is 2. The molecular formula is C17H24BrN3O3S. The Labute approximate surface area is 157 Å². The van der Waals surface area contributed by atoms with Crippen LogP contribution in [-0.2, 0) is 14.8 Å². The molecule has 0 bridgehead atoms. The largest absolute Gasteiger partial charge is 0.352 e. The van der Waals surface area contributed by atoms with Gasteiger partial charge in [0, 0.05) is 36.7 Å². The first-order valence-electron chi connectivity index (χ1n) is 8.60. The minimum absolute atomic E-state index is 0.0432. The molecule has 0 radical (unpaired) electrons. The van der Waals surface area contributed by atoms with Crippen molar-refractivity contribution in [2.45, 2.75) is 43.7 Å². The Morgan fingerprint density at radius 3 is 2.48 bits per heavy atom. The Morgan fingerprint density at radius 1 is 1.24 bits per heavy atom. The Kier molecular flexibility index (Phi) is 5.53. The van der Waals surface area contributed by atoms with Crippen LogP contribution in [0.15, 0.2) is 27.6 Å². The predicted octanol–water partition coefficient (Wildman–Crippen LogP) is 1.73. The van der Waals surface area contributed by atoms with Crippen LogP contribution >= 0.6 is 15.9 Å². The summed E-state index contributed by atoms with van der Waals surface area (Å²) in [6.45, 7) is 5.61. The number of hydrogen-bond acceptors (Lipinski definition) is 4. The van der Waals surface area contributed by atoms with Crippen molar-refractivity contribution in [2.75, 3.05) is 26.2 Å². The molecule has 2 aliphatic rings. The van der Waals surface area contributed by atoms with E-state index in [1.807, 2.05) is 13.0 Å². The van der Waals surface area contributed by atoms with Crippen molar-refractivity contribution in [3.8, 4) is 0 Å². The Balaban J connectivity index is 1.64. The number of rotatable bonds is 5. The van der Waals surface area contributed by atoms with E-state index in [0.29, 0.717) is 37.1 Å². The first kappa shape index (κ1) is 18.8. The molecule has 1 unspecified atom stereocenters. The average molecular weight is 430 g/mol. The number of piperazine rings is 1. The molecule has 25 heavy (non-hydrogen) atoms. The van der Waals surface area contributed by atoms with Crippen molar-refractivity contribution in [3.63, 3.8) is 0 Å². The van der Waals surface area contributed by atoms with Gasteiger partial charge in [-0.05, 0) is 44.4 Å². The fraction of sp³-hybridized carbons (Fsp3) is 0.588. The average Bonchev–Trinajstić information content (AvgIpc) is 3.40. The number of carbonyl (C=O) groups excluding carboxylic acids is 1. The summed E-state index contributed by atoms with van der Waals surface area (Å²) in [5.41, 5.74) is 0.739. The van der Waals surface area contributed by atoms with E-state index >= 15 is 0 Å². The second kappa shape index (κ2) is 7.34. The molecule has 1 heterocycles. The Hall–Kier alpha value is -0.960. The molecule has 1 aromatic rings. The first-order valence-corrected chi connectivity index (χ1v) is 10.8. The van der Waals surface area contributed by atoms with Gasteiger partial charge in [0.2, 0.25) is 15.9 Å². The Morgan fingerprint density at radius 2 is 1.88 bits per heavy atom. The van der Waals surface area contributed by atoms with Gasteiger partial charge in [-0.2, -0.15) is 4.31 Å². The van der Waals surface area contributed by atoms with Crippen LogP contribution in [0, 0.1) is 6.92 Å². The van der Waals surface area contributed by atoms with E-state index in [0.717, 1.165) is 22.9 Å². The number of amides is 1. The predicted molar refractivity (Wildman–Crippen MR) is 99.8 cm³/mol. The summed E-state index contributed by atoms with van der Waals surface area (Å²) in [7, 11) is -3.52. The number of aryl methyl sites for hydroxylation is 1. The van der Waals surface area contributed by atoms with Crippen molar-refractivity contribution in [3.05, 3.63) is 28.2 Å². The van der Waals surface area contributed by atoms with Gasteiger partial charge in [-0.3, -0.25) is 9.69 Å². The van der Waals surface area contributed by atoms with Crippen molar-refractivity contribution in [1.82, 2.24) is 14.5 Å². The van der Waals surface area contributed by atoms with Crippen molar-refractivity contribution in [2.24, 2.45) is 0 Å². The molecule has 0 spiro atoms. The molecular weight excluding hydrogens is 406 g/mol. The van der Waals surface area contributed by atoms with E-state index in [9.17, 15) is 13.2 Å². The molecule has 1 aromatic carbocycles. The lowest BCUT2D eigenvalue weighted by atomic mass is 10.2. The van der Waals surface area contributed by atoms with E-state index in [1.165, 1.54) is 4.31 Å².